The van der Waals surface area contributed by atoms with Gasteiger partial charge in [0, 0.05) is 5.41 Å². The van der Waals surface area contributed by atoms with E-state index in [1.165, 1.54) is 32.1 Å². The number of epoxide rings is 1. The molecule has 0 radical (unpaired) electrons. The second kappa shape index (κ2) is 2.97. The lowest BCUT2D eigenvalue weighted by Crippen LogP contribution is -2.42. The maximum absolute atomic E-state index is 11.6. The van der Waals surface area contributed by atoms with Gasteiger partial charge in [0.15, 0.2) is 6.10 Å². The van der Waals surface area contributed by atoms with Crippen LogP contribution in [0.15, 0.2) is 0 Å². The van der Waals surface area contributed by atoms with Crippen molar-refractivity contribution in [2.24, 2.45) is 5.41 Å². The Balaban J connectivity index is 1.75. The number of ether oxygens (including phenoxy) is 2. The zero-order valence-corrected chi connectivity index (χ0v) is 9.25. The summed E-state index contributed by atoms with van der Waals surface area (Å²) in [5.41, 5.74) is 0.252. The summed E-state index contributed by atoms with van der Waals surface area (Å²) in [6, 6.07) is 0. The molecule has 2 saturated carbocycles. The third-order valence-corrected chi connectivity index (χ3v) is 4.61. The van der Waals surface area contributed by atoms with Gasteiger partial charge in [-0.15, -0.1) is 0 Å². The van der Waals surface area contributed by atoms with Crippen LogP contribution in [0.5, 0.6) is 0 Å². The van der Waals surface area contributed by atoms with Crippen LogP contribution in [0.25, 0.3) is 0 Å². The molecule has 0 N–H and O–H groups in total. The molecule has 3 aliphatic rings. The number of hydrogen-bond acceptors (Lipinski definition) is 3. The Morgan fingerprint density at radius 3 is 2.60 bits per heavy atom. The smallest absolute Gasteiger partial charge is 0.338 e. The van der Waals surface area contributed by atoms with E-state index in [0.29, 0.717) is 12.0 Å². The van der Waals surface area contributed by atoms with Gasteiger partial charge in [0.1, 0.15) is 5.60 Å². The Morgan fingerprint density at radius 1 is 1.33 bits per heavy atom. The van der Waals surface area contributed by atoms with E-state index in [0.717, 1.165) is 6.42 Å². The summed E-state index contributed by atoms with van der Waals surface area (Å²) in [6.45, 7) is 2.31. The molecule has 2 unspecified atom stereocenters. The first-order valence-corrected chi connectivity index (χ1v) is 6.09. The van der Waals surface area contributed by atoms with Crippen LogP contribution in [-0.4, -0.2) is 24.3 Å². The van der Waals surface area contributed by atoms with Crippen LogP contribution in [-0.2, 0) is 14.3 Å². The topological polar surface area (TPSA) is 38.8 Å². The van der Waals surface area contributed by atoms with Gasteiger partial charge in [0.2, 0.25) is 0 Å². The summed E-state index contributed by atoms with van der Waals surface area (Å²) in [6.07, 6.45) is 7.11. The Bertz CT molecular complexity index is 295. The molecule has 3 heteroatoms. The molecule has 3 fully saturated rings. The fourth-order valence-corrected chi connectivity index (χ4v) is 3.67. The predicted octanol–water partition coefficient (Wildman–Crippen LogP) is 2.04. The number of fused-ring (bicyclic) bond motifs is 1. The monoisotopic (exact) mass is 210 g/mol. The van der Waals surface area contributed by atoms with Crippen LogP contribution in [0.3, 0.4) is 0 Å². The molecule has 1 heterocycles. The van der Waals surface area contributed by atoms with Crippen LogP contribution in [0.1, 0.15) is 45.4 Å². The summed E-state index contributed by atoms with van der Waals surface area (Å²) < 4.78 is 10.8. The number of esters is 1. The van der Waals surface area contributed by atoms with Crippen LogP contribution >= 0.6 is 0 Å². The molecule has 0 amide bonds. The van der Waals surface area contributed by atoms with E-state index in [2.05, 4.69) is 0 Å². The van der Waals surface area contributed by atoms with E-state index < -0.39 is 0 Å². The third kappa shape index (κ3) is 1.07. The fourth-order valence-electron chi connectivity index (χ4n) is 3.67. The highest BCUT2D eigenvalue weighted by Gasteiger charge is 2.74. The molecule has 15 heavy (non-hydrogen) atoms. The predicted molar refractivity (Wildman–Crippen MR) is 54.4 cm³/mol. The van der Waals surface area contributed by atoms with Crippen LogP contribution in [0, 0.1) is 5.41 Å². The molecule has 3 nitrogen and oxygen atoms in total. The van der Waals surface area contributed by atoms with Gasteiger partial charge in [-0.2, -0.15) is 0 Å². The zero-order chi connectivity index (χ0) is 10.5. The van der Waals surface area contributed by atoms with E-state index in [1.54, 1.807) is 0 Å². The number of hydrogen-bond donors (Lipinski definition) is 0. The maximum Gasteiger partial charge on any atom is 0.338 e. The van der Waals surface area contributed by atoms with E-state index >= 15 is 0 Å². The molecule has 1 aliphatic heterocycles. The minimum Gasteiger partial charge on any atom is -0.464 e. The molecule has 2 atom stereocenters. The Kier molecular flexibility index (Phi) is 1.91. The minimum atomic E-state index is -0.236. The molecular formula is C12H18O3. The van der Waals surface area contributed by atoms with Crippen LogP contribution in [0.2, 0.25) is 0 Å². The second-order valence-corrected chi connectivity index (χ2v) is 5.13. The number of carbonyl (C=O) groups excluding carboxylic acids is 1. The maximum atomic E-state index is 11.6. The van der Waals surface area contributed by atoms with Crippen LogP contribution in [0.4, 0.5) is 0 Å². The Labute approximate surface area is 90.1 Å². The average molecular weight is 210 g/mol. The van der Waals surface area contributed by atoms with Crippen molar-refractivity contribution in [1.29, 1.82) is 0 Å². The lowest BCUT2D eigenvalue weighted by Gasteiger charge is -2.42. The standard InChI is InChI=1S/C12H18O3/c1-2-14-10(13)9-12(15-9)8-4-7-11(12)5-3-6-11/h9H,2-8H2,1H3. The average Bonchev–Trinajstić information content (AvgIpc) is 2.70. The lowest BCUT2D eigenvalue weighted by molar-refractivity contribution is -0.144. The van der Waals surface area contributed by atoms with E-state index in [-0.39, 0.29) is 17.7 Å². The number of rotatable bonds is 2. The SMILES string of the molecule is CCOC(=O)C1OC12CCCC21CCC1. The third-order valence-electron chi connectivity index (χ3n) is 4.61. The molecule has 2 spiro atoms. The van der Waals surface area contributed by atoms with Gasteiger partial charge in [-0.05, 0) is 39.0 Å². The molecule has 84 valence electrons. The van der Waals surface area contributed by atoms with Gasteiger partial charge in [0.25, 0.3) is 0 Å². The quantitative estimate of drug-likeness (QED) is 0.517. The van der Waals surface area contributed by atoms with Crippen molar-refractivity contribution < 1.29 is 14.3 Å². The van der Waals surface area contributed by atoms with E-state index in [4.69, 9.17) is 9.47 Å². The van der Waals surface area contributed by atoms with Crippen LogP contribution < -0.4 is 0 Å². The first kappa shape index (κ1) is 9.64. The normalized spacial score (nSPS) is 40.5. The van der Waals surface area contributed by atoms with Gasteiger partial charge < -0.3 is 9.47 Å². The molecular weight excluding hydrogens is 192 g/mol. The van der Waals surface area contributed by atoms with Crippen molar-refractivity contribution in [1.82, 2.24) is 0 Å². The minimum absolute atomic E-state index is 0.0997. The molecule has 0 aromatic heterocycles. The molecule has 1 saturated heterocycles. The van der Waals surface area contributed by atoms with E-state index in [9.17, 15) is 4.79 Å². The van der Waals surface area contributed by atoms with Crippen molar-refractivity contribution in [3.05, 3.63) is 0 Å². The van der Waals surface area contributed by atoms with Crippen molar-refractivity contribution in [3.8, 4) is 0 Å². The fraction of sp³-hybridized carbons (Fsp3) is 0.917. The highest BCUT2D eigenvalue weighted by Crippen LogP contribution is 2.68. The summed E-state index contributed by atoms with van der Waals surface area (Å²) in [4.78, 5) is 11.6. The molecule has 2 aliphatic carbocycles. The summed E-state index contributed by atoms with van der Waals surface area (Å²) in [5.74, 6) is -0.134. The van der Waals surface area contributed by atoms with Crippen molar-refractivity contribution in [3.63, 3.8) is 0 Å². The molecule has 0 bridgehead atoms. The Morgan fingerprint density at radius 2 is 2.00 bits per heavy atom. The summed E-state index contributed by atoms with van der Waals surface area (Å²) in [5, 5.41) is 0. The highest BCUT2D eigenvalue weighted by molar-refractivity contribution is 5.80. The van der Waals surface area contributed by atoms with Gasteiger partial charge >= 0.3 is 5.97 Å². The number of carbonyl (C=O) groups is 1. The summed E-state index contributed by atoms with van der Waals surface area (Å²) in [7, 11) is 0. The largest absolute Gasteiger partial charge is 0.464 e. The highest BCUT2D eigenvalue weighted by atomic mass is 16.7. The molecule has 3 rings (SSSR count). The van der Waals surface area contributed by atoms with Gasteiger partial charge in [-0.25, -0.2) is 4.79 Å². The molecule has 0 aromatic rings. The summed E-state index contributed by atoms with van der Waals surface area (Å²) >= 11 is 0. The Hall–Kier alpha value is -0.570. The second-order valence-electron chi connectivity index (χ2n) is 5.13. The van der Waals surface area contributed by atoms with E-state index in [1.807, 2.05) is 6.92 Å². The van der Waals surface area contributed by atoms with Gasteiger partial charge in [-0.1, -0.05) is 6.42 Å². The van der Waals surface area contributed by atoms with Crippen molar-refractivity contribution >= 4 is 5.97 Å². The van der Waals surface area contributed by atoms with Gasteiger partial charge in [0.05, 0.1) is 6.61 Å². The first-order chi connectivity index (χ1) is 7.24. The van der Waals surface area contributed by atoms with Gasteiger partial charge in [-0.3, -0.25) is 0 Å². The van der Waals surface area contributed by atoms with Crippen molar-refractivity contribution in [2.45, 2.75) is 57.2 Å². The molecule has 0 aromatic carbocycles. The zero-order valence-electron chi connectivity index (χ0n) is 9.25. The lowest BCUT2D eigenvalue weighted by atomic mass is 9.61. The first-order valence-electron chi connectivity index (χ1n) is 6.09. The van der Waals surface area contributed by atoms with Crippen molar-refractivity contribution in [2.75, 3.05) is 6.61 Å².